The van der Waals surface area contributed by atoms with Crippen molar-refractivity contribution in [2.45, 2.75) is 12.8 Å². The first-order valence-corrected chi connectivity index (χ1v) is 6.26. The second-order valence-corrected chi connectivity index (χ2v) is 4.63. The molecule has 0 bridgehead atoms. The third-order valence-electron chi connectivity index (χ3n) is 1.07. The highest BCUT2D eigenvalue weighted by molar-refractivity contribution is 7.94. The van der Waals surface area contributed by atoms with Crippen molar-refractivity contribution in [3.63, 3.8) is 0 Å². The SMILES string of the molecule is O=C1CCCN1.O=S(=O)(O)OS(=O)(=O)O. The molecule has 15 heavy (non-hydrogen) atoms. The molecule has 11 heteroatoms. The van der Waals surface area contributed by atoms with Crippen LogP contribution in [0.25, 0.3) is 0 Å². The maximum absolute atomic E-state index is 10.1. The van der Waals surface area contributed by atoms with E-state index in [2.05, 4.69) is 8.95 Å². The minimum Gasteiger partial charge on any atom is -0.356 e. The van der Waals surface area contributed by atoms with Gasteiger partial charge >= 0.3 is 20.8 Å². The number of carbonyl (C=O) groups excluding carboxylic acids is 1. The number of hydrogen-bond acceptors (Lipinski definition) is 6. The van der Waals surface area contributed by atoms with Gasteiger partial charge in [-0.05, 0) is 6.42 Å². The highest BCUT2D eigenvalue weighted by Crippen LogP contribution is 1.93. The van der Waals surface area contributed by atoms with Crippen molar-refractivity contribution in [3.05, 3.63) is 0 Å². The monoisotopic (exact) mass is 263 g/mol. The van der Waals surface area contributed by atoms with Crippen LogP contribution in [-0.4, -0.2) is 38.4 Å². The van der Waals surface area contributed by atoms with E-state index in [0.717, 1.165) is 19.4 Å². The van der Waals surface area contributed by atoms with E-state index in [9.17, 15) is 21.6 Å². The van der Waals surface area contributed by atoms with Crippen molar-refractivity contribution in [2.24, 2.45) is 0 Å². The summed E-state index contributed by atoms with van der Waals surface area (Å²) in [7, 11) is -10.2. The molecular formula is C4H9NO8S2. The summed E-state index contributed by atoms with van der Waals surface area (Å²) in [4.78, 5) is 10.1. The zero-order valence-electron chi connectivity index (χ0n) is 7.28. The molecule has 0 atom stereocenters. The Bertz CT molecular complexity index is 370. The summed E-state index contributed by atoms with van der Waals surface area (Å²) in [5.41, 5.74) is 0. The van der Waals surface area contributed by atoms with E-state index in [0.29, 0.717) is 0 Å². The number of nitrogens with one attached hydrogen (secondary N) is 1. The molecule has 0 saturated carbocycles. The van der Waals surface area contributed by atoms with Crippen LogP contribution in [0.5, 0.6) is 0 Å². The Morgan fingerprint density at radius 2 is 1.60 bits per heavy atom. The van der Waals surface area contributed by atoms with Crippen LogP contribution in [0.1, 0.15) is 12.8 Å². The van der Waals surface area contributed by atoms with Crippen molar-refractivity contribution in [1.29, 1.82) is 0 Å². The Labute approximate surface area is 86.3 Å². The van der Waals surface area contributed by atoms with Gasteiger partial charge in [0.15, 0.2) is 0 Å². The van der Waals surface area contributed by atoms with Crippen LogP contribution in [-0.2, 0) is 29.2 Å². The van der Waals surface area contributed by atoms with Gasteiger partial charge in [0.05, 0.1) is 0 Å². The standard InChI is InChI=1S/C4H7NO.H2O7S2/c6-4-2-1-3-5-4;1-8(2,3)7-9(4,5)6/h1-3H2,(H,5,6);(H,1,2,3)(H,4,5,6). The summed E-state index contributed by atoms with van der Waals surface area (Å²) in [6, 6.07) is 0. The summed E-state index contributed by atoms with van der Waals surface area (Å²) < 4.78 is 55.6. The van der Waals surface area contributed by atoms with E-state index in [1.54, 1.807) is 0 Å². The van der Waals surface area contributed by atoms with Gasteiger partial charge in [0, 0.05) is 13.0 Å². The first-order valence-electron chi connectivity index (χ1n) is 3.53. The Kier molecular flexibility index (Phi) is 5.10. The largest absolute Gasteiger partial charge is 0.413 e. The summed E-state index contributed by atoms with van der Waals surface area (Å²) in [5.74, 6) is 0.204. The third kappa shape index (κ3) is 11.2. The van der Waals surface area contributed by atoms with Crippen molar-refractivity contribution in [1.82, 2.24) is 5.32 Å². The van der Waals surface area contributed by atoms with Gasteiger partial charge in [0.1, 0.15) is 0 Å². The predicted octanol–water partition coefficient (Wildman–Crippen LogP) is -1.49. The quantitative estimate of drug-likeness (QED) is 0.510. The molecule has 0 radical (unpaired) electrons. The fourth-order valence-corrected chi connectivity index (χ4v) is 1.54. The summed E-state index contributed by atoms with van der Waals surface area (Å²) in [6.07, 6.45) is 1.76. The lowest BCUT2D eigenvalue weighted by Gasteiger charge is -1.89. The van der Waals surface area contributed by atoms with Gasteiger partial charge in [0.2, 0.25) is 5.91 Å². The second kappa shape index (κ2) is 5.37. The fraction of sp³-hybridized carbons (Fsp3) is 0.750. The maximum Gasteiger partial charge on any atom is 0.413 e. The first kappa shape index (κ1) is 14.2. The van der Waals surface area contributed by atoms with Gasteiger partial charge < -0.3 is 5.32 Å². The molecular weight excluding hydrogens is 254 g/mol. The van der Waals surface area contributed by atoms with Crippen LogP contribution in [0.3, 0.4) is 0 Å². The molecule has 3 N–H and O–H groups in total. The zero-order valence-corrected chi connectivity index (χ0v) is 8.91. The number of hydrogen-bond donors (Lipinski definition) is 3. The molecule has 1 fully saturated rings. The van der Waals surface area contributed by atoms with Crippen molar-refractivity contribution in [2.75, 3.05) is 6.54 Å². The van der Waals surface area contributed by atoms with E-state index < -0.39 is 20.8 Å². The molecule has 0 aliphatic carbocycles. The molecule has 0 unspecified atom stereocenters. The van der Waals surface area contributed by atoms with Gasteiger partial charge in [-0.2, -0.15) is 16.8 Å². The molecule has 0 aromatic rings. The summed E-state index contributed by atoms with van der Waals surface area (Å²) in [5, 5.41) is 2.68. The topological polar surface area (TPSA) is 147 Å². The van der Waals surface area contributed by atoms with Gasteiger partial charge in [-0.3, -0.25) is 13.9 Å². The average Bonchev–Trinajstić information content (AvgIpc) is 2.31. The van der Waals surface area contributed by atoms with E-state index in [1.807, 2.05) is 0 Å². The van der Waals surface area contributed by atoms with Crippen molar-refractivity contribution in [3.8, 4) is 0 Å². The van der Waals surface area contributed by atoms with Crippen LogP contribution in [0, 0.1) is 0 Å². The Hall–Kier alpha value is -0.750. The molecule has 90 valence electrons. The average molecular weight is 263 g/mol. The summed E-state index contributed by atoms with van der Waals surface area (Å²) >= 11 is 0. The van der Waals surface area contributed by atoms with Crippen LogP contribution in [0.2, 0.25) is 0 Å². The summed E-state index contributed by atoms with van der Waals surface area (Å²) in [6.45, 7) is 0.888. The number of amides is 1. The fourth-order valence-electron chi connectivity index (χ4n) is 0.674. The minimum atomic E-state index is -5.12. The molecule has 0 spiro atoms. The second-order valence-electron chi connectivity index (χ2n) is 2.38. The van der Waals surface area contributed by atoms with Gasteiger partial charge in [-0.1, -0.05) is 0 Å². The first-order chi connectivity index (χ1) is 6.60. The normalized spacial score (nSPS) is 16.5. The van der Waals surface area contributed by atoms with E-state index in [4.69, 9.17) is 9.11 Å². The Morgan fingerprint density at radius 3 is 1.67 bits per heavy atom. The van der Waals surface area contributed by atoms with E-state index in [1.165, 1.54) is 0 Å². The third-order valence-corrected chi connectivity index (χ3v) is 2.45. The van der Waals surface area contributed by atoms with Crippen LogP contribution < -0.4 is 5.32 Å². The lowest BCUT2D eigenvalue weighted by Crippen LogP contribution is -2.12. The smallest absolute Gasteiger partial charge is 0.356 e. The highest BCUT2D eigenvalue weighted by atomic mass is 32.3. The molecule has 1 aliphatic rings. The highest BCUT2D eigenvalue weighted by Gasteiger charge is 2.15. The minimum absolute atomic E-state index is 0.204. The lowest BCUT2D eigenvalue weighted by atomic mass is 10.4. The molecule has 1 amide bonds. The van der Waals surface area contributed by atoms with Gasteiger partial charge in [-0.25, -0.2) is 0 Å². The predicted molar refractivity (Wildman–Crippen MR) is 46.4 cm³/mol. The molecule has 1 rings (SSSR count). The molecule has 1 saturated heterocycles. The molecule has 1 heterocycles. The Balaban J connectivity index is 0.000000280. The van der Waals surface area contributed by atoms with Gasteiger partial charge in [-0.15, -0.1) is 3.63 Å². The molecule has 1 aliphatic heterocycles. The lowest BCUT2D eigenvalue weighted by molar-refractivity contribution is -0.119. The van der Waals surface area contributed by atoms with Crippen LogP contribution in [0.15, 0.2) is 0 Å². The van der Waals surface area contributed by atoms with Crippen molar-refractivity contribution < 1.29 is 34.4 Å². The maximum atomic E-state index is 10.1. The van der Waals surface area contributed by atoms with Crippen LogP contribution >= 0.6 is 0 Å². The molecule has 9 nitrogen and oxygen atoms in total. The van der Waals surface area contributed by atoms with E-state index >= 15 is 0 Å². The van der Waals surface area contributed by atoms with Crippen LogP contribution in [0.4, 0.5) is 0 Å². The molecule has 0 aromatic carbocycles. The molecule has 0 aromatic heterocycles. The zero-order chi connectivity index (χ0) is 12.1. The Morgan fingerprint density at radius 1 is 1.13 bits per heavy atom. The van der Waals surface area contributed by atoms with E-state index in [-0.39, 0.29) is 5.91 Å². The number of carbonyl (C=O) groups is 1. The van der Waals surface area contributed by atoms with Crippen molar-refractivity contribution >= 4 is 26.7 Å². The van der Waals surface area contributed by atoms with Gasteiger partial charge in [0.25, 0.3) is 0 Å². The number of rotatable bonds is 2.